The van der Waals surface area contributed by atoms with Gasteiger partial charge in [-0.2, -0.15) is 4.31 Å². The van der Waals surface area contributed by atoms with Crippen LogP contribution in [0.2, 0.25) is 0 Å². The molecule has 1 N–H and O–H groups in total. The molecule has 1 fully saturated rings. The summed E-state index contributed by atoms with van der Waals surface area (Å²) in [7, 11) is -3.81. The maximum absolute atomic E-state index is 13.3. The van der Waals surface area contributed by atoms with E-state index in [-0.39, 0.29) is 22.1 Å². The van der Waals surface area contributed by atoms with Crippen molar-refractivity contribution in [3.05, 3.63) is 59.2 Å². The first-order valence-electron chi connectivity index (χ1n) is 9.16. The molecular formula is C20H20N2O5S. The van der Waals surface area contributed by atoms with Gasteiger partial charge in [-0.15, -0.1) is 0 Å². The van der Waals surface area contributed by atoms with Crippen LogP contribution in [0.4, 0.5) is 0 Å². The number of carbonyl (C=O) groups is 2. The van der Waals surface area contributed by atoms with Crippen LogP contribution in [0.1, 0.15) is 52.1 Å². The first kappa shape index (κ1) is 18.6. The average molecular weight is 400 g/mol. The minimum atomic E-state index is -3.81. The third-order valence-corrected chi connectivity index (χ3v) is 7.00. The number of carbonyl (C=O) groups excluding carboxylic acids is 2. The molecule has 8 heteroatoms. The number of nitrogens with zero attached hydrogens (tertiary/aromatic N) is 1. The molecule has 0 bridgehead atoms. The van der Waals surface area contributed by atoms with Gasteiger partial charge in [0.25, 0.3) is 11.8 Å². The minimum absolute atomic E-state index is 0.0222. The fourth-order valence-corrected chi connectivity index (χ4v) is 5.47. The summed E-state index contributed by atoms with van der Waals surface area (Å²) in [5.74, 6) is -0.327. The number of rotatable bonds is 5. The maximum Gasteiger partial charge on any atom is 0.258 e. The summed E-state index contributed by atoms with van der Waals surface area (Å²) in [6.45, 7) is 2.88. The van der Waals surface area contributed by atoms with E-state index < -0.39 is 21.8 Å². The summed E-state index contributed by atoms with van der Waals surface area (Å²) in [6, 6.07) is 11.3. The van der Waals surface area contributed by atoms with Crippen LogP contribution in [0.25, 0.3) is 0 Å². The van der Waals surface area contributed by atoms with Crippen molar-refractivity contribution >= 4 is 21.8 Å². The van der Waals surface area contributed by atoms with Gasteiger partial charge in [0, 0.05) is 6.54 Å². The first-order valence-corrected chi connectivity index (χ1v) is 10.6. The lowest BCUT2D eigenvalue weighted by atomic mass is 10.1. The van der Waals surface area contributed by atoms with Crippen LogP contribution < -0.4 is 10.1 Å². The van der Waals surface area contributed by atoms with Crippen LogP contribution in [0, 0.1) is 0 Å². The van der Waals surface area contributed by atoms with Gasteiger partial charge in [-0.1, -0.05) is 12.1 Å². The molecule has 28 heavy (non-hydrogen) atoms. The third-order valence-electron chi connectivity index (χ3n) is 5.09. The van der Waals surface area contributed by atoms with Crippen molar-refractivity contribution in [2.24, 2.45) is 0 Å². The second-order valence-electron chi connectivity index (χ2n) is 6.77. The topological polar surface area (TPSA) is 92.8 Å². The lowest BCUT2D eigenvalue weighted by Gasteiger charge is -2.24. The number of amides is 2. The monoisotopic (exact) mass is 400 g/mol. The number of hydrogen-bond acceptors (Lipinski definition) is 5. The quantitative estimate of drug-likeness (QED) is 0.779. The zero-order chi connectivity index (χ0) is 19.9. The van der Waals surface area contributed by atoms with Crippen molar-refractivity contribution < 1.29 is 22.7 Å². The minimum Gasteiger partial charge on any atom is -0.494 e. The highest BCUT2D eigenvalue weighted by Gasteiger charge is 2.37. The van der Waals surface area contributed by atoms with E-state index >= 15 is 0 Å². The molecule has 1 saturated heterocycles. The van der Waals surface area contributed by atoms with Crippen LogP contribution in [-0.4, -0.2) is 37.7 Å². The molecule has 2 aromatic rings. The van der Waals surface area contributed by atoms with E-state index in [9.17, 15) is 18.0 Å². The number of imide groups is 1. The molecule has 2 aromatic carbocycles. The van der Waals surface area contributed by atoms with Crippen molar-refractivity contribution in [3.63, 3.8) is 0 Å². The number of fused-ring (bicyclic) bond motifs is 1. The van der Waals surface area contributed by atoms with Gasteiger partial charge >= 0.3 is 0 Å². The second-order valence-corrected chi connectivity index (χ2v) is 8.66. The molecule has 146 valence electrons. The highest BCUT2D eigenvalue weighted by atomic mass is 32.2. The Balaban J connectivity index is 1.66. The van der Waals surface area contributed by atoms with E-state index in [1.165, 1.54) is 22.5 Å². The SMILES string of the molecule is CCOc1ccc(C2CCCN2S(=O)(=O)c2ccc3c(c2)C(=O)NC3=O)cc1. The predicted molar refractivity (Wildman–Crippen MR) is 102 cm³/mol. The normalized spacial score (nSPS) is 19.5. The summed E-state index contributed by atoms with van der Waals surface area (Å²) >= 11 is 0. The maximum atomic E-state index is 13.3. The fourth-order valence-electron chi connectivity index (χ4n) is 3.76. The van der Waals surface area contributed by atoms with Crippen molar-refractivity contribution in [2.75, 3.05) is 13.2 Å². The van der Waals surface area contributed by atoms with Crippen molar-refractivity contribution in [2.45, 2.75) is 30.7 Å². The zero-order valence-electron chi connectivity index (χ0n) is 15.3. The molecule has 0 spiro atoms. The van der Waals surface area contributed by atoms with Crippen LogP contribution in [0.3, 0.4) is 0 Å². The summed E-state index contributed by atoms with van der Waals surface area (Å²) < 4.78 is 33.4. The average Bonchev–Trinajstić information content (AvgIpc) is 3.28. The largest absolute Gasteiger partial charge is 0.494 e. The standard InChI is InChI=1S/C20H20N2O5S/c1-2-27-14-7-5-13(6-8-14)18-4-3-11-22(18)28(25,26)15-9-10-16-17(12-15)20(24)21-19(16)23/h5-10,12,18H,2-4,11H2,1H3,(H,21,23,24). The van der Waals surface area contributed by atoms with Crippen molar-refractivity contribution in [1.82, 2.24) is 9.62 Å². The zero-order valence-corrected chi connectivity index (χ0v) is 16.2. The van der Waals surface area contributed by atoms with E-state index in [0.717, 1.165) is 24.2 Å². The Morgan fingerprint density at radius 1 is 1.07 bits per heavy atom. The summed E-state index contributed by atoms with van der Waals surface area (Å²) in [5.41, 5.74) is 1.20. The highest BCUT2D eigenvalue weighted by molar-refractivity contribution is 7.89. The molecule has 2 aliphatic rings. The van der Waals surface area contributed by atoms with E-state index in [1.54, 1.807) is 0 Å². The van der Waals surface area contributed by atoms with Gasteiger partial charge in [0.1, 0.15) is 5.75 Å². The Bertz CT molecular complexity index is 1050. The molecular weight excluding hydrogens is 380 g/mol. The summed E-state index contributed by atoms with van der Waals surface area (Å²) in [6.07, 6.45) is 1.47. The van der Waals surface area contributed by atoms with Gasteiger partial charge in [-0.05, 0) is 55.7 Å². The van der Waals surface area contributed by atoms with Gasteiger partial charge < -0.3 is 4.74 Å². The Kier molecular flexibility index (Phi) is 4.68. The van der Waals surface area contributed by atoms with Crippen LogP contribution >= 0.6 is 0 Å². The highest BCUT2D eigenvalue weighted by Crippen LogP contribution is 2.37. The number of nitrogens with one attached hydrogen (secondary N) is 1. The first-order chi connectivity index (χ1) is 13.4. The van der Waals surface area contributed by atoms with Crippen LogP contribution in [0.5, 0.6) is 5.75 Å². The molecule has 2 amide bonds. The fraction of sp³-hybridized carbons (Fsp3) is 0.300. The molecule has 2 heterocycles. The Morgan fingerprint density at radius 3 is 2.50 bits per heavy atom. The van der Waals surface area contributed by atoms with E-state index in [2.05, 4.69) is 5.32 Å². The van der Waals surface area contributed by atoms with Crippen molar-refractivity contribution in [1.29, 1.82) is 0 Å². The smallest absolute Gasteiger partial charge is 0.258 e. The molecule has 7 nitrogen and oxygen atoms in total. The second kappa shape index (κ2) is 7.03. The van der Waals surface area contributed by atoms with E-state index in [0.29, 0.717) is 13.2 Å². The Hall–Kier alpha value is -2.71. The number of hydrogen-bond donors (Lipinski definition) is 1. The van der Waals surface area contributed by atoms with Gasteiger partial charge in [0.2, 0.25) is 10.0 Å². The molecule has 0 saturated carbocycles. The molecule has 2 aliphatic heterocycles. The van der Waals surface area contributed by atoms with Crippen LogP contribution in [0.15, 0.2) is 47.4 Å². The number of sulfonamides is 1. The molecule has 0 aromatic heterocycles. The summed E-state index contributed by atoms with van der Waals surface area (Å²) in [4.78, 5) is 23.6. The van der Waals surface area contributed by atoms with Crippen molar-refractivity contribution in [3.8, 4) is 5.75 Å². The van der Waals surface area contributed by atoms with Gasteiger partial charge in [0.15, 0.2) is 0 Å². The lowest BCUT2D eigenvalue weighted by molar-refractivity contribution is 0.0879. The third kappa shape index (κ3) is 3.08. The van der Waals surface area contributed by atoms with E-state index in [4.69, 9.17) is 4.74 Å². The van der Waals surface area contributed by atoms with Gasteiger partial charge in [-0.25, -0.2) is 8.42 Å². The van der Waals surface area contributed by atoms with Gasteiger partial charge in [0.05, 0.1) is 28.7 Å². The molecule has 1 atom stereocenters. The van der Waals surface area contributed by atoms with Crippen LogP contribution in [-0.2, 0) is 10.0 Å². The van der Waals surface area contributed by atoms with Gasteiger partial charge in [-0.3, -0.25) is 14.9 Å². The Morgan fingerprint density at radius 2 is 1.79 bits per heavy atom. The molecule has 0 aliphatic carbocycles. The summed E-state index contributed by atoms with van der Waals surface area (Å²) in [5, 5.41) is 2.18. The number of benzene rings is 2. The predicted octanol–water partition coefficient (Wildman–Crippen LogP) is 2.49. The lowest BCUT2D eigenvalue weighted by Crippen LogP contribution is -2.30. The number of ether oxygens (including phenoxy) is 1. The molecule has 4 rings (SSSR count). The Labute approximate surface area is 163 Å². The van der Waals surface area contributed by atoms with E-state index in [1.807, 2.05) is 31.2 Å². The molecule has 1 unspecified atom stereocenters. The molecule has 0 radical (unpaired) electrons.